The van der Waals surface area contributed by atoms with Gasteiger partial charge in [-0.3, -0.25) is 10.2 Å². The fourth-order valence-corrected chi connectivity index (χ4v) is 2.16. The van der Waals surface area contributed by atoms with Crippen LogP contribution in [-0.2, 0) is 13.1 Å². The Balaban J connectivity index is 1.74. The molecule has 0 aliphatic rings. The van der Waals surface area contributed by atoms with Crippen molar-refractivity contribution < 1.29 is 9.18 Å². The first-order valence-corrected chi connectivity index (χ1v) is 6.33. The van der Waals surface area contributed by atoms with E-state index in [4.69, 9.17) is 5.84 Å². The fourth-order valence-electron chi connectivity index (χ4n) is 2.16. The highest BCUT2D eigenvalue weighted by atomic mass is 19.1. The number of benzene rings is 1. The van der Waals surface area contributed by atoms with Gasteiger partial charge in [0, 0.05) is 23.6 Å². The lowest BCUT2D eigenvalue weighted by Gasteiger charge is -2.05. The van der Waals surface area contributed by atoms with Crippen LogP contribution in [0.1, 0.15) is 10.5 Å². The lowest BCUT2D eigenvalue weighted by atomic mass is 10.2. The first-order chi connectivity index (χ1) is 10.2. The number of hydrogen-bond acceptors (Lipinski definition) is 4. The van der Waals surface area contributed by atoms with E-state index in [0.29, 0.717) is 13.1 Å². The average molecular weight is 288 g/mol. The molecule has 7 nitrogen and oxygen atoms in total. The van der Waals surface area contributed by atoms with Crippen LogP contribution in [0.3, 0.4) is 0 Å². The molecular formula is C13H13FN6O. The highest BCUT2D eigenvalue weighted by Crippen LogP contribution is 2.17. The van der Waals surface area contributed by atoms with Crippen LogP contribution < -0.4 is 11.3 Å². The lowest BCUT2D eigenvalue weighted by Crippen LogP contribution is -2.30. The van der Waals surface area contributed by atoms with E-state index in [9.17, 15) is 9.18 Å². The summed E-state index contributed by atoms with van der Waals surface area (Å²) in [6, 6.07) is 6.51. The number of nitrogens with two attached hydrogens (primary N) is 1. The van der Waals surface area contributed by atoms with Crippen LogP contribution in [0, 0.1) is 5.82 Å². The van der Waals surface area contributed by atoms with Gasteiger partial charge in [0.15, 0.2) is 5.69 Å². The van der Waals surface area contributed by atoms with Gasteiger partial charge in [0.2, 0.25) is 0 Å². The molecule has 0 unspecified atom stereocenters. The van der Waals surface area contributed by atoms with Crippen molar-refractivity contribution in [1.29, 1.82) is 0 Å². The zero-order valence-corrected chi connectivity index (χ0v) is 11.0. The predicted molar refractivity (Wildman–Crippen MR) is 73.6 cm³/mol. The van der Waals surface area contributed by atoms with E-state index in [1.807, 2.05) is 22.3 Å². The second-order valence-corrected chi connectivity index (χ2v) is 4.55. The number of nitrogens with zero attached hydrogens (tertiary/aromatic N) is 4. The van der Waals surface area contributed by atoms with Crippen molar-refractivity contribution in [2.24, 2.45) is 5.84 Å². The third-order valence-electron chi connectivity index (χ3n) is 3.21. The summed E-state index contributed by atoms with van der Waals surface area (Å²) in [6.45, 7) is 1.16. The van der Waals surface area contributed by atoms with E-state index in [1.165, 1.54) is 18.3 Å². The Hall–Kier alpha value is -2.74. The van der Waals surface area contributed by atoms with Crippen molar-refractivity contribution in [2.75, 3.05) is 0 Å². The topological polar surface area (TPSA) is 90.8 Å². The number of carbonyl (C=O) groups excluding carboxylic acids is 1. The van der Waals surface area contributed by atoms with Crippen LogP contribution in [0.5, 0.6) is 0 Å². The van der Waals surface area contributed by atoms with Gasteiger partial charge in [-0.25, -0.2) is 14.9 Å². The minimum Gasteiger partial charge on any atom is -0.346 e. The van der Waals surface area contributed by atoms with Gasteiger partial charge in [0.05, 0.1) is 12.7 Å². The van der Waals surface area contributed by atoms with Crippen LogP contribution in [0.25, 0.3) is 10.9 Å². The van der Waals surface area contributed by atoms with Gasteiger partial charge in [-0.05, 0) is 24.3 Å². The van der Waals surface area contributed by atoms with Crippen LogP contribution in [0.4, 0.5) is 4.39 Å². The zero-order chi connectivity index (χ0) is 14.8. The summed E-state index contributed by atoms with van der Waals surface area (Å²) >= 11 is 0. The Labute approximate surface area is 119 Å². The molecule has 0 radical (unpaired) electrons. The molecule has 1 amide bonds. The number of carbonyl (C=O) groups is 1. The molecule has 0 bridgehead atoms. The molecule has 2 heterocycles. The van der Waals surface area contributed by atoms with Gasteiger partial charge in [0.25, 0.3) is 5.91 Å². The summed E-state index contributed by atoms with van der Waals surface area (Å²) in [6.07, 6.45) is 3.40. The molecule has 1 aromatic carbocycles. The molecule has 8 heteroatoms. The minimum absolute atomic E-state index is 0.164. The summed E-state index contributed by atoms with van der Waals surface area (Å²) in [5, 5.41) is 8.42. The molecule has 0 atom stereocenters. The Morgan fingerprint density at radius 1 is 1.33 bits per heavy atom. The van der Waals surface area contributed by atoms with E-state index >= 15 is 0 Å². The van der Waals surface area contributed by atoms with Crippen molar-refractivity contribution in [2.45, 2.75) is 13.1 Å². The standard InChI is InChI=1S/C13H13FN6O/c14-10-1-2-12-9(7-10)3-4-19(12)5-6-20-8-11(17-18-20)13(21)16-15/h1-4,7-8H,5-6,15H2,(H,16,21). The second-order valence-electron chi connectivity index (χ2n) is 4.55. The van der Waals surface area contributed by atoms with Crippen molar-refractivity contribution in [3.63, 3.8) is 0 Å². The highest BCUT2D eigenvalue weighted by molar-refractivity contribution is 5.91. The zero-order valence-electron chi connectivity index (χ0n) is 11.0. The Kier molecular flexibility index (Phi) is 3.36. The molecule has 0 saturated heterocycles. The number of rotatable bonds is 4. The van der Waals surface area contributed by atoms with E-state index in [1.54, 1.807) is 10.7 Å². The first-order valence-electron chi connectivity index (χ1n) is 6.33. The molecule has 0 fully saturated rings. The number of amides is 1. The quantitative estimate of drug-likeness (QED) is 0.419. The molecule has 0 aliphatic heterocycles. The van der Waals surface area contributed by atoms with Gasteiger partial charge in [0.1, 0.15) is 5.82 Å². The van der Waals surface area contributed by atoms with Crippen LogP contribution in [0.15, 0.2) is 36.7 Å². The predicted octanol–water partition coefficient (Wildman–Crippen LogP) is 0.676. The lowest BCUT2D eigenvalue weighted by molar-refractivity contribution is 0.0948. The summed E-state index contributed by atoms with van der Waals surface area (Å²) in [7, 11) is 0. The average Bonchev–Trinajstić information content (AvgIpc) is 3.10. The van der Waals surface area contributed by atoms with Crippen molar-refractivity contribution in [1.82, 2.24) is 25.0 Å². The number of aromatic nitrogens is 4. The maximum Gasteiger partial charge on any atom is 0.287 e. The van der Waals surface area contributed by atoms with Crippen LogP contribution in [-0.4, -0.2) is 25.5 Å². The molecule has 3 N–H and O–H groups in total. The normalized spacial score (nSPS) is 11.0. The van der Waals surface area contributed by atoms with E-state index < -0.39 is 5.91 Å². The molecule has 108 valence electrons. The second kappa shape index (κ2) is 5.33. The van der Waals surface area contributed by atoms with Gasteiger partial charge in [-0.1, -0.05) is 5.21 Å². The number of fused-ring (bicyclic) bond motifs is 1. The number of aryl methyl sites for hydroxylation is 2. The summed E-state index contributed by atoms with van der Waals surface area (Å²) < 4.78 is 16.7. The SMILES string of the molecule is NNC(=O)c1cn(CCn2ccc3cc(F)ccc32)nn1. The number of hydrogen-bond donors (Lipinski definition) is 2. The van der Waals surface area contributed by atoms with Gasteiger partial charge < -0.3 is 4.57 Å². The maximum absolute atomic E-state index is 13.1. The molecule has 3 rings (SSSR count). The van der Waals surface area contributed by atoms with Crippen molar-refractivity contribution in [3.8, 4) is 0 Å². The summed E-state index contributed by atoms with van der Waals surface area (Å²) in [5.74, 6) is 4.29. The molecule has 2 aromatic heterocycles. The summed E-state index contributed by atoms with van der Waals surface area (Å²) in [4.78, 5) is 11.3. The number of hydrazine groups is 1. The Morgan fingerprint density at radius 2 is 2.19 bits per heavy atom. The number of halogens is 1. The monoisotopic (exact) mass is 288 g/mol. The van der Waals surface area contributed by atoms with E-state index in [-0.39, 0.29) is 11.5 Å². The Bertz CT molecular complexity index is 793. The Morgan fingerprint density at radius 3 is 3.00 bits per heavy atom. The van der Waals surface area contributed by atoms with Crippen molar-refractivity contribution in [3.05, 3.63) is 48.2 Å². The van der Waals surface area contributed by atoms with Crippen molar-refractivity contribution >= 4 is 16.8 Å². The minimum atomic E-state index is -0.483. The third kappa shape index (κ3) is 2.61. The highest BCUT2D eigenvalue weighted by Gasteiger charge is 2.09. The molecular weight excluding hydrogens is 275 g/mol. The molecule has 0 saturated carbocycles. The van der Waals surface area contributed by atoms with Gasteiger partial charge in [-0.15, -0.1) is 5.10 Å². The number of nitrogen functional groups attached to an aromatic ring is 1. The van der Waals surface area contributed by atoms with Crippen LogP contribution in [0.2, 0.25) is 0 Å². The smallest absolute Gasteiger partial charge is 0.287 e. The van der Waals surface area contributed by atoms with E-state index in [0.717, 1.165) is 10.9 Å². The molecule has 0 aliphatic carbocycles. The largest absolute Gasteiger partial charge is 0.346 e. The summed E-state index contributed by atoms with van der Waals surface area (Å²) in [5.41, 5.74) is 3.10. The first kappa shape index (κ1) is 13.3. The van der Waals surface area contributed by atoms with E-state index in [2.05, 4.69) is 10.3 Å². The van der Waals surface area contributed by atoms with Crippen LogP contribution >= 0.6 is 0 Å². The molecule has 0 spiro atoms. The van der Waals surface area contributed by atoms with Gasteiger partial charge in [-0.2, -0.15) is 0 Å². The maximum atomic E-state index is 13.1. The fraction of sp³-hybridized carbons (Fsp3) is 0.154. The molecule has 21 heavy (non-hydrogen) atoms. The molecule has 3 aromatic rings. The third-order valence-corrected chi connectivity index (χ3v) is 3.21. The number of nitrogens with one attached hydrogen (secondary N) is 1. The van der Waals surface area contributed by atoms with Gasteiger partial charge >= 0.3 is 0 Å².